The highest BCUT2D eigenvalue weighted by atomic mass is 32.1. The Bertz CT molecular complexity index is 3240. The second kappa shape index (κ2) is 12.3. The molecule has 2 heterocycles. The van der Waals surface area contributed by atoms with Crippen LogP contribution >= 0.6 is 11.3 Å². The summed E-state index contributed by atoms with van der Waals surface area (Å²) in [6.45, 7) is 3.97. The Morgan fingerprint density at radius 2 is 1.06 bits per heavy atom. The average molecular weight is 707 g/mol. The number of para-hydroxylation sites is 1. The Balaban J connectivity index is 1.11. The molecule has 9 aromatic carbocycles. The first-order valence-corrected chi connectivity index (χ1v) is 19.5. The van der Waals surface area contributed by atoms with Gasteiger partial charge >= 0.3 is 0 Å². The van der Waals surface area contributed by atoms with Crippen LogP contribution in [0, 0.1) is 0 Å². The number of aryl methyl sites for hydroxylation is 1. The van der Waals surface area contributed by atoms with Crippen molar-refractivity contribution in [2.75, 3.05) is 0 Å². The zero-order valence-corrected chi connectivity index (χ0v) is 30.4. The van der Waals surface area contributed by atoms with Gasteiger partial charge in [-0.1, -0.05) is 133 Å². The van der Waals surface area contributed by atoms with E-state index in [2.05, 4.69) is 164 Å². The molecular formula is C52H34OS. The fourth-order valence-electron chi connectivity index (χ4n) is 8.89. The molecule has 0 bridgehead atoms. The third kappa shape index (κ3) is 4.70. The summed E-state index contributed by atoms with van der Waals surface area (Å²) < 4.78 is 9.04. The topological polar surface area (TPSA) is 13.1 Å². The molecule has 0 N–H and O–H groups in total. The molecule has 0 unspecified atom stereocenters. The molecule has 54 heavy (non-hydrogen) atoms. The van der Waals surface area contributed by atoms with E-state index in [9.17, 15) is 0 Å². The number of furan rings is 1. The summed E-state index contributed by atoms with van der Waals surface area (Å²) in [5.74, 6) is 0. The van der Waals surface area contributed by atoms with Gasteiger partial charge in [-0.2, -0.15) is 0 Å². The first-order chi connectivity index (χ1) is 26.7. The summed E-state index contributed by atoms with van der Waals surface area (Å²) in [4.78, 5) is 0. The van der Waals surface area contributed by atoms with Crippen LogP contribution in [-0.2, 0) is 6.42 Å². The number of allylic oxidation sites excluding steroid dienone is 1. The van der Waals surface area contributed by atoms with Gasteiger partial charge in [0, 0.05) is 36.3 Å². The van der Waals surface area contributed by atoms with Crippen molar-refractivity contribution in [3.63, 3.8) is 0 Å². The van der Waals surface area contributed by atoms with Gasteiger partial charge in [0.2, 0.25) is 0 Å². The van der Waals surface area contributed by atoms with E-state index in [4.69, 9.17) is 4.42 Å². The third-order valence-electron chi connectivity index (χ3n) is 11.3. The standard InChI is InChI=1S/C52H34OS/c1-2-3-13-32-14-4-5-17-36(32)33-15-12-16-34(30-33)49-38-19-6-8-21-40(38)50(41-22-9-7-20-39(41)49)35-24-25-45-48(31-35)54-47-29-28-44-42(51(45)47)26-27-43-37-18-10-11-23-46(37)53-52(43)44/h2,4-12,14-31H,1,3,13H2. The summed E-state index contributed by atoms with van der Waals surface area (Å²) >= 11 is 1.88. The van der Waals surface area contributed by atoms with Crippen molar-refractivity contribution in [3.05, 3.63) is 182 Å². The van der Waals surface area contributed by atoms with Crippen LogP contribution in [0.15, 0.2) is 181 Å². The Kier molecular flexibility index (Phi) is 7.08. The number of benzene rings is 9. The van der Waals surface area contributed by atoms with E-state index in [1.165, 1.54) is 91.4 Å². The van der Waals surface area contributed by atoms with Gasteiger partial charge in [0.05, 0.1) is 0 Å². The highest BCUT2D eigenvalue weighted by molar-refractivity contribution is 7.26. The SMILES string of the molecule is C=CCCc1ccccc1-c1cccc(-c2c3ccccc3c(-c3ccc4c(c3)sc3ccc5c(ccc6c7ccccc7oc65)c34)c3ccccc23)c1. The smallest absolute Gasteiger partial charge is 0.143 e. The summed E-state index contributed by atoms with van der Waals surface area (Å²) in [5, 5.41) is 12.4. The molecule has 0 saturated carbocycles. The highest BCUT2D eigenvalue weighted by Gasteiger charge is 2.19. The van der Waals surface area contributed by atoms with Crippen LogP contribution in [0.4, 0.5) is 0 Å². The molecule has 2 aromatic heterocycles. The Hall–Kier alpha value is -6.48. The lowest BCUT2D eigenvalue weighted by molar-refractivity contribution is 0.672. The molecule has 0 fully saturated rings. The van der Waals surface area contributed by atoms with E-state index in [-0.39, 0.29) is 0 Å². The monoisotopic (exact) mass is 706 g/mol. The largest absolute Gasteiger partial charge is 0.455 e. The molecule has 0 aliphatic heterocycles. The normalized spacial score (nSPS) is 11.9. The predicted molar refractivity (Wildman–Crippen MR) is 234 cm³/mol. The van der Waals surface area contributed by atoms with Gasteiger partial charge in [-0.15, -0.1) is 17.9 Å². The maximum absolute atomic E-state index is 6.45. The van der Waals surface area contributed by atoms with Crippen LogP contribution in [0.2, 0.25) is 0 Å². The minimum atomic E-state index is 0.933. The van der Waals surface area contributed by atoms with E-state index in [0.29, 0.717) is 0 Å². The van der Waals surface area contributed by atoms with E-state index in [0.717, 1.165) is 34.8 Å². The maximum Gasteiger partial charge on any atom is 0.143 e. The molecule has 1 nitrogen and oxygen atoms in total. The second-order valence-electron chi connectivity index (χ2n) is 14.3. The lowest BCUT2D eigenvalue weighted by Gasteiger charge is -2.18. The minimum absolute atomic E-state index is 0.933. The lowest BCUT2D eigenvalue weighted by Crippen LogP contribution is -1.92. The first kappa shape index (κ1) is 31.1. The molecule has 0 radical (unpaired) electrons. The van der Waals surface area contributed by atoms with Crippen LogP contribution in [0.25, 0.3) is 108 Å². The van der Waals surface area contributed by atoms with Crippen LogP contribution in [0.1, 0.15) is 12.0 Å². The molecule has 0 atom stereocenters. The third-order valence-corrected chi connectivity index (χ3v) is 12.4. The lowest BCUT2D eigenvalue weighted by atomic mass is 9.85. The zero-order chi connectivity index (χ0) is 35.8. The van der Waals surface area contributed by atoms with Crippen LogP contribution in [-0.4, -0.2) is 0 Å². The highest BCUT2D eigenvalue weighted by Crippen LogP contribution is 2.47. The van der Waals surface area contributed by atoms with E-state index >= 15 is 0 Å². The molecule has 0 amide bonds. The van der Waals surface area contributed by atoms with Crippen molar-refractivity contribution >= 4 is 85.8 Å². The summed E-state index contributed by atoms with van der Waals surface area (Å²) in [6.07, 6.45) is 3.95. The second-order valence-corrected chi connectivity index (χ2v) is 15.4. The van der Waals surface area contributed by atoms with E-state index < -0.39 is 0 Å². The molecule has 0 aliphatic rings. The first-order valence-electron chi connectivity index (χ1n) is 18.7. The Labute approximate surface area is 317 Å². The minimum Gasteiger partial charge on any atom is -0.455 e. The fourth-order valence-corrected chi connectivity index (χ4v) is 10.0. The van der Waals surface area contributed by atoms with Gasteiger partial charge in [-0.3, -0.25) is 0 Å². The molecule has 0 saturated heterocycles. The molecule has 0 spiro atoms. The van der Waals surface area contributed by atoms with Crippen molar-refractivity contribution in [3.8, 4) is 33.4 Å². The average Bonchev–Trinajstić information content (AvgIpc) is 3.80. The van der Waals surface area contributed by atoms with Gasteiger partial charge in [0.1, 0.15) is 11.2 Å². The molecule has 11 aromatic rings. The van der Waals surface area contributed by atoms with E-state index in [1.54, 1.807) is 0 Å². The van der Waals surface area contributed by atoms with Crippen LogP contribution < -0.4 is 0 Å². The Morgan fingerprint density at radius 3 is 1.81 bits per heavy atom. The van der Waals surface area contributed by atoms with Crippen molar-refractivity contribution in [1.29, 1.82) is 0 Å². The Morgan fingerprint density at radius 1 is 0.463 bits per heavy atom. The zero-order valence-electron chi connectivity index (χ0n) is 29.6. The van der Waals surface area contributed by atoms with Crippen molar-refractivity contribution in [2.45, 2.75) is 12.8 Å². The molecule has 2 heteroatoms. The molecule has 11 rings (SSSR count). The summed E-state index contributed by atoms with van der Waals surface area (Å²) in [5.41, 5.74) is 10.8. The maximum atomic E-state index is 6.45. The van der Waals surface area contributed by atoms with Crippen LogP contribution in [0.5, 0.6) is 0 Å². The van der Waals surface area contributed by atoms with Gasteiger partial charge in [0.15, 0.2) is 0 Å². The quantitative estimate of drug-likeness (QED) is 0.124. The fraction of sp³-hybridized carbons (Fsp3) is 0.0385. The van der Waals surface area contributed by atoms with Gasteiger partial charge < -0.3 is 4.42 Å². The van der Waals surface area contributed by atoms with Crippen molar-refractivity contribution in [2.24, 2.45) is 0 Å². The number of thiophene rings is 1. The summed E-state index contributed by atoms with van der Waals surface area (Å²) in [6, 6.07) is 60.3. The van der Waals surface area contributed by atoms with Gasteiger partial charge in [0.25, 0.3) is 0 Å². The van der Waals surface area contributed by atoms with Crippen molar-refractivity contribution in [1.82, 2.24) is 0 Å². The predicted octanol–water partition coefficient (Wildman–Crippen LogP) is 15.5. The molecular weight excluding hydrogens is 673 g/mol. The number of hydrogen-bond donors (Lipinski definition) is 0. The summed E-state index contributed by atoms with van der Waals surface area (Å²) in [7, 11) is 0. The van der Waals surface area contributed by atoms with E-state index in [1.807, 2.05) is 23.5 Å². The molecule has 254 valence electrons. The van der Waals surface area contributed by atoms with Crippen molar-refractivity contribution < 1.29 is 4.42 Å². The van der Waals surface area contributed by atoms with Gasteiger partial charge in [-0.25, -0.2) is 0 Å². The number of fused-ring (bicyclic) bond motifs is 11. The molecule has 0 aliphatic carbocycles. The van der Waals surface area contributed by atoms with Crippen LogP contribution in [0.3, 0.4) is 0 Å². The van der Waals surface area contributed by atoms with Gasteiger partial charge in [-0.05, 0) is 115 Å². The number of hydrogen-bond acceptors (Lipinski definition) is 2. The number of rotatable bonds is 6.